The summed E-state index contributed by atoms with van der Waals surface area (Å²) in [6.45, 7) is 6.01. The lowest BCUT2D eigenvalue weighted by atomic mass is 10.00. The average Bonchev–Trinajstić information content (AvgIpc) is 2.14. The Morgan fingerprint density at radius 3 is 2.38 bits per heavy atom. The van der Waals surface area contributed by atoms with Crippen LogP contribution in [-0.4, -0.2) is 15.3 Å². The summed E-state index contributed by atoms with van der Waals surface area (Å²) < 4.78 is 2.96. The highest BCUT2D eigenvalue weighted by Crippen LogP contribution is 2.23. The minimum Gasteiger partial charge on any atom is -0.325 e. The van der Waals surface area contributed by atoms with Gasteiger partial charge >= 0.3 is 0 Å². The van der Waals surface area contributed by atoms with Gasteiger partial charge in [-0.2, -0.15) is 5.10 Å². The van der Waals surface area contributed by atoms with Crippen LogP contribution < -0.4 is 5.73 Å². The third kappa shape index (κ3) is 2.54. The Bertz CT molecular complexity index is 309. The number of nitrogens with two attached hydrogens (primary N) is 1. The highest BCUT2D eigenvalue weighted by molar-refractivity contribution is 9.10. The lowest BCUT2D eigenvalue weighted by Gasteiger charge is -2.18. The molecule has 1 aromatic rings. The first-order valence-electron chi connectivity index (χ1n) is 4.28. The van der Waals surface area contributed by atoms with Crippen molar-refractivity contribution in [3.05, 3.63) is 15.9 Å². The number of hydrogen-bond donors (Lipinski definition) is 1. The molecule has 1 heterocycles. The topological polar surface area (TPSA) is 43.8 Å². The quantitative estimate of drug-likeness (QED) is 0.864. The molecule has 0 spiro atoms. The van der Waals surface area contributed by atoms with E-state index in [2.05, 4.69) is 21.0 Å². The lowest BCUT2D eigenvalue weighted by molar-refractivity contribution is 0.494. The number of rotatable bonds is 2. The summed E-state index contributed by atoms with van der Waals surface area (Å²) in [4.78, 5) is 0. The lowest BCUT2D eigenvalue weighted by Crippen LogP contribution is -2.35. The van der Waals surface area contributed by atoms with Crippen molar-refractivity contribution in [2.24, 2.45) is 12.8 Å². The van der Waals surface area contributed by atoms with Gasteiger partial charge in [0.1, 0.15) is 0 Å². The van der Waals surface area contributed by atoms with Crippen molar-refractivity contribution in [2.75, 3.05) is 0 Å². The van der Waals surface area contributed by atoms with Gasteiger partial charge in [-0.25, -0.2) is 0 Å². The third-order valence-electron chi connectivity index (χ3n) is 1.88. The molecule has 0 saturated heterocycles. The van der Waals surface area contributed by atoms with Crippen molar-refractivity contribution in [1.82, 2.24) is 9.78 Å². The summed E-state index contributed by atoms with van der Waals surface area (Å²) in [6, 6.07) is 0. The fourth-order valence-corrected chi connectivity index (χ4v) is 1.78. The van der Waals surface area contributed by atoms with Crippen LogP contribution in [0.15, 0.2) is 4.47 Å². The first-order chi connectivity index (χ1) is 5.81. The van der Waals surface area contributed by atoms with Crippen LogP contribution in [0.4, 0.5) is 0 Å². The van der Waals surface area contributed by atoms with Crippen LogP contribution in [0.2, 0.25) is 0 Å². The van der Waals surface area contributed by atoms with Crippen LogP contribution in [0, 0.1) is 6.92 Å². The van der Waals surface area contributed by atoms with Crippen molar-refractivity contribution in [3.8, 4) is 0 Å². The molecule has 0 fully saturated rings. The molecule has 74 valence electrons. The van der Waals surface area contributed by atoms with Crippen LogP contribution >= 0.6 is 15.9 Å². The normalized spacial score (nSPS) is 12.2. The van der Waals surface area contributed by atoms with Gasteiger partial charge < -0.3 is 5.73 Å². The molecule has 1 rings (SSSR count). The maximum Gasteiger partial charge on any atom is 0.0738 e. The van der Waals surface area contributed by atoms with E-state index in [0.717, 1.165) is 22.3 Å². The highest BCUT2D eigenvalue weighted by atomic mass is 79.9. The summed E-state index contributed by atoms with van der Waals surface area (Å²) >= 11 is 3.51. The molecule has 0 atom stereocenters. The van der Waals surface area contributed by atoms with Gasteiger partial charge in [0.15, 0.2) is 0 Å². The van der Waals surface area contributed by atoms with E-state index in [-0.39, 0.29) is 5.54 Å². The Labute approximate surface area is 87.4 Å². The molecule has 0 aliphatic carbocycles. The Kier molecular flexibility index (Phi) is 2.82. The van der Waals surface area contributed by atoms with Gasteiger partial charge in [-0.05, 0) is 36.7 Å². The molecular formula is C9H16BrN3. The fourth-order valence-electron chi connectivity index (χ4n) is 1.30. The fraction of sp³-hybridized carbons (Fsp3) is 0.667. The van der Waals surface area contributed by atoms with Crippen molar-refractivity contribution in [2.45, 2.75) is 32.7 Å². The molecule has 0 aromatic carbocycles. The zero-order valence-electron chi connectivity index (χ0n) is 8.56. The second-order valence-electron chi connectivity index (χ2n) is 4.14. The number of aryl methyl sites for hydroxylation is 2. The van der Waals surface area contributed by atoms with Crippen LogP contribution in [0.5, 0.6) is 0 Å². The van der Waals surface area contributed by atoms with E-state index in [1.165, 1.54) is 0 Å². The number of nitrogens with zero attached hydrogens (tertiary/aromatic N) is 2. The average molecular weight is 246 g/mol. The Morgan fingerprint density at radius 2 is 2.08 bits per heavy atom. The minimum atomic E-state index is -0.192. The van der Waals surface area contributed by atoms with E-state index in [1.54, 1.807) is 0 Å². The Morgan fingerprint density at radius 1 is 1.54 bits per heavy atom. The Balaban J connectivity index is 3.01. The predicted octanol–water partition coefficient (Wildman–Crippen LogP) is 1.77. The summed E-state index contributed by atoms with van der Waals surface area (Å²) in [5, 5.41) is 4.31. The maximum atomic E-state index is 5.95. The first-order valence-corrected chi connectivity index (χ1v) is 5.07. The van der Waals surface area contributed by atoms with Crippen LogP contribution in [-0.2, 0) is 13.5 Å². The molecule has 4 heteroatoms. The smallest absolute Gasteiger partial charge is 0.0738 e. The Hall–Kier alpha value is -0.350. The second kappa shape index (κ2) is 3.42. The minimum absolute atomic E-state index is 0.192. The van der Waals surface area contributed by atoms with Crippen LogP contribution in [0.25, 0.3) is 0 Å². The van der Waals surface area contributed by atoms with E-state index < -0.39 is 0 Å². The highest BCUT2D eigenvalue weighted by Gasteiger charge is 2.18. The van der Waals surface area contributed by atoms with E-state index in [1.807, 2.05) is 32.5 Å². The van der Waals surface area contributed by atoms with Gasteiger partial charge in [0.05, 0.1) is 15.9 Å². The van der Waals surface area contributed by atoms with E-state index in [4.69, 9.17) is 5.73 Å². The number of halogens is 1. The van der Waals surface area contributed by atoms with Gasteiger partial charge in [0.25, 0.3) is 0 Å². The molecule has 0 amide bonds. The summed E-state index contributed by atoms with van der Waals surface area (Å²) in [5.74, 6) is 0. The molecule has 0 aliphatic rings. The number of aromatic nitrogens is 2. The predicted molar refractivity (Wildman–Crippen MR) is 57.6 cm³/mol. The summed E-state index contributed by atoms with van der Waals surface area (Å²) in [5.41, 5.74) is 7.93. The molecule has 0 saturated carbocycles. The van der Waals surface area contributed by atoms with E-state index >= 15 is 0 Å². The van der Waals surface area contributed by atoms with Gasteiger partial charge in [-0.15, -0.1) is 0 Å². The SMILES string of the molecule is Cc1nn(C)c(CC(C)(C)N)c1Br. The van der Waals surface area contributed by atoms with Crippen molar-refractivity contribution >= 4 is 15.9 Å². The number of hydrogen-bond acceptors (Lipinski definition) is 2. The molecule has 0 bridgehead atoms. The third-order valence-corrected chi connectivity index (χ3v) is 2.92. The molecule has 1 aromatic heterocycles. The monoisotopic (exact) mass is 245 g/mol. The molecule has 0 aliphatic heterocycles. The molecule has 3 nitrogen and oxygen atoms in total. The second-order valence-corrected chi connectivity index (χ2v) is 4.93. The summed E-state index contributed by atoms with van der Waals surface area (Å²) in [7, 11) is 1.94. The largest absolute Gasteiger partial charge is 0.325 e. The van der Waals surface area contributed by atoms with E-state index in [0.29, 0.717) is 0 Å². The van der Waals surface area contributed by atoms with Crippen LogP contribution in [0.3, 0.4) is 0 Å². The molecule has 13 heavy (non-hydrogen) atoms. The summed E-state index contributed by atoms with van der Waals surface area (Å²) in [6.07, 6.45) is 0.824. The van der Waals surface area contributed by atoms with Crippen molar-refractivity contribution in [3.63, 3.8) is 0 Å². The van der Waals surface area contributed by atoms with Gasteiger partial charge in [-0.1, -0.05) is 0 Å². The molecule has 0 radical (unpaired) electrons. The van der Waals surface area contributed by atoms with Crippen molar-refractivity contribution in [1.29, 1.82) is 0 Å². The van der Waals surface area contributed by atoms with Gasteiger partial charge in [0, 0.05) is 19.0 Å². The zero-order chi connectivity index (χ0) is 10.2. The van der Waals surface area contributed by atoms with Gasteiger partial charge in [-0.3, -0.25) is 4.68 Å². The first kappa shape index (κ1) is 10.7. The standard InChI is InChI=1S/C9H16BrN3/c1-6-8(10)7(13(4)12-6)5-9(2,3)11/h5,11H2,1-4H3. The van der Waals surface area contributed by atoms with Crippen LogP contribution in [0.1, 0.15) is 25.2 Å². The van der Waals surface area contributed by atoms with Crippen molar-refractivity contribution < 1.29 is 0 Å². The molecular weight excluding hydrogens is 230 g/mol. The van der Waals surface area contributed by atoms with E-state index in [9.17, 15) is 0 Å². The maximum absolute atomic E-state index is 5.95. The van der Waals surface area contributed by atoms with Gasteiger partial charge in [0.2, 0.25) is 0 Å². The molecule has 2 N–H and O–H groups in total. The molecule has 0 unspecified atom stereocenters. The zero-order valence-corrected chi connectivity index (χ0v) is 10.1.